The fourth-order valence-electron chi connectivity index (χ4n) is 2.40. The van der Waals surface area contributed by atoms with E-state index in [1.54, 1.807) is 0 Å². The number of halogens is 5. The summed E-state index contributed by atoms with van der Waals surface area (Å²) >= 11 is 0. The number of amides is 1. The molecule has 7 nitrogen and oxygen atoms in total. The molecule has 0 saturated carbocycles. The third kappa shape index (κ3) is 3.83. The highest BCUT2D eigenvalue weighted by Crippen LogP contribution is 2.39. The van der Waals surface area contributed by atoms with Crippen LogP contribution >= 0.6 is 0 Å². The normalized spacial score (nSPS) is 18.7. The van der Waals surface area contributed by atoms with E-state index in [1.807, 2.05) is 0 Å². The average molecular weight is 389 g/mol. The summed E-state index contributed by atoms with van der Waals surface area (Å²) in [7, 11) is 0. The van der Waals surface area contributed by atoms with Gasteiger partial charge in [-0.1, -0.05) is 0 Å². The summed E-state index contributed by atoms with van der Waals surface area (Å²) in [6, 6.07) is 1.52. The number of ether oxygens (including phenoxy) is 1. The van der Waals surface area contributed by atoms with Crippen molar-refractivity contribution in [3.05, 3.63) is 47.5 Å². The summed E-state index contributed by atoms with van der Waals surface area (Å²) in [5, 5.41) is 5.65. The predicted molar refractivity (Wildman–Crippen MR) is 83.1 cm³/mol. The molecule has 0 saturated heterocycles. The molecule has 1 aromatic carbocycles. The van der Waals surface area contributed by atoms with Gasteiger partial charge in [-0.3, -0.25) is 4.79 Å². The highest BCUT2D eigenvalue weighted by Gasteiger charge is 2.46. The summed E-state index contributed by atoms with van der Waals surface area (Å²) in [6.07, 6.45) is 0.899. The first-order chi connectivity index (χ1) is 12.7. The molecule has 1 aliphatic rings. The van der Waals surface area contributed by atoms with Gasteiger partial charge in [-0.05, 0) is 24.3 Å². The number of anilines is 1. The van der Waals surface area contributed by atoms with Gasteiger partial charge in [0.1, 0.15) is 5.82 Å². The van der Waals surface area contributed by atoms with E-state index in [-0.39, 0.29) is 16.1 Å². The Kier molecular flexibility index (Phi) is 4.72. The first-order valence-electron chi connectivity index (χ1n) is 7.45. The number of benzene rings is 1. The Morgan fingerprint density at radius 1 is 1.37 bits per heavy atom. The SMILES string of the molecule is NC1=NC(c2cc(NC(=O)c3ccn(C(F)F)n3)ccc2F)C(F)(F)CO1. The van der Waals surface area contributed by atoms with Crippen LogP contribution in [0, 0.1) is 5.82 Å². The van der Waals surface area contributed by atoms with Crippen molar-refractivity contribution in [2.75, 3.05) is 11.9 Å². The molecule has 0 aliphatic carbocycles. The van der Waals surface area contributed by atoms with Crippen LogP contribution in [0.4, 0.5) is 27.6 Å². The van der Waals surface area contributed by atoms with Crippen molar-refractivity contribution in [3.63, 3.8) is 0 Å². The number of aromatic nitrogens is 2. The average Bonchev–Trinajstić information content (AvgIpc) is 3.09. The standard InChI is InChI=1S/C15H12F5N5O2/c16-9-2-1-7(22-12(26)10-3-4-25(24-10)13(17)18)5-8(9)11-15(19,20)6-27-14(21)23-11/h1-5,11,13H,6H2,(H2,21,23)(H,22,26). The van der Waals surface area contributed by atoms with E-state index >= 15 is 0 Å². The van der Waals surface area contributed by atoms with Crippen molar-refractivity contribution in [3.8, 4) is 0 Å². The molecule has 2 heterocycles. The minimum atomic E-state index is -3.53. The van der Waals surface area contributed by atoms with Crippen LogP contribution in [0.3, 0.4) is 0 Å². The topological polar surface area (TPSA) is 94.5 Å². The third-order valence-corrected chi connectivity index (χ3v) is 3.66. The first-order valence-corrected chi connectivity index (χ1v) is 7.45. The fourth-order valence-corrected chi connectivity index (χ4v) is 2.40. The van der Waals surface area contributed by atoms with Crippen molar-refractivity contribution in [2.45, 2.75) is 18.5 Å². The highest BCUT2D eigenvalue weighted by atomic mass is 19.3. The van der Waals surface area contributed by atoms with Gasteiger partial charge in [-0.15, -0.1) is 0 Å². The minimum absolute atomic E-state index is 0.0564. The Morgan fingerprint density at radius 2 is 2.11 bits per heavy atom. The van der Waals surface area contributed by atoms with Crippen LogP contribution < -0.4 is 11.1 Å². The summed E-state index contributed by atoms with van der Waals surface area (Å²) in [5.74, 6) is -5.39. The minimum Gasteiger partial charge on any atom is -0.459 e. The van der Waals surface area contributed by atoms with E-state index in [0.29, 0.717) is 0 Å². The molecule has 0 bridgehead atoms. The lowest BCUT2D eigenvalue weighted by Crippen LogP contribution is -2.40. The summed E-state index contributed by atoms with van der Waals surface area (Å²) < 4.78 is 71.9. The molecule has 2 aromatic rings. The van der Waals surface area contributed by atoms with Crippen molar-refractivity contribution in [1.29, 1.82) is 0 Å². The molecule has 3 N–H and O–H groups in total. The zero-order valence-electron chi connectivity index (χ0n) is 13.4. The maximum absolute atomic E-state index is 14.1. The van der Waals surface area contributed by atoms with Crippen LogP contribution in [0.25, 0.3) is 0 Å². The molecule has 0 radical (unpaired) electrons. The van der Waals surface area contributed by atoms with Gasteiger partial charge in [0.2, 0.25) is 0 Å². The van der Waals surface area contributed by atoms with Gasteiger partial charge in [-0.25, -0.2) is 22.8 Å². The maximum Gasteiger partial charge on any atom is 0.333 e. The van der Waals surface area contributed by atoms with E-state index in [2.05, 4.69) is 20.1 Å². The van der Waals surface area contributed by atoms with Crippen molar-refractivity contribution >= 4 is 17.6 Å². The lowest BCUT2D eigenvalue weighted by molar-refractivity contribution is -0.0788. The largest absolute Gasteiger partial charge is 0.459 e. The van der Waals surface area contributed by atoms with Crippen LogP contribution in [0.2, 0.25) is 0 Å². The number of carbonyl (C=O) groups excluding carboxylic acids is 1. The molecule has 144 valence electrons. The quantitative estimate of drug-likeness (QED) is 0.787. The second-order valence-electron chi connectivity index (χ2n) is 5.57. The van der Waals surface area contributed by atoms with Gasteiger partial charge in [-0.2, -0.15) is 13.9 Å². The fraction of sp³-hybridized carbons (Fsp3) is 0.267. The molecule has 1 unspecified atom stereocenters. The van der Waals surface area contributed by atoms with E-state index in [4.69, 9.17) is 5.73 Å². The molecule has 1 aliphatic heterocycles. The van der Waals surface area contributed by atoms with Crippen LogP contribution in [0.15, 0.2) is 35.5 Å². The molecular formula is C15H12F5N5O2. The van der Waals surface area contributed by atoms with Gasteiger partial charge >= 0.3 is 12.5 Å². The van der Waals surface area contributed by atoms with E-state index in [9.17, 15) is 26.7 Å². The Bertz CT molecular complexity index is 898. The van der Waals surface area contributed by atoms with Gasteiger partial charge in [0.15, 0.2) is 18.3 Å². The monoisotopic (exact) mass is 389 g/mol. The predicted octanol–water partition coefficient (Wildman–Crippen LogP) is 2.69. The Balaban J connectivity index is 1.87. The molecule has 1 atom stereocenters. The summed E-state index contributed by atoms with van der Waals surface area (Å²) in [5.41, 5.74) is 4.38. The Morgan fingerprint density at radius 3 is 2.78 bits per heavy atom. The van der Waals surface area contributed by atoms with Crippen LogP contribution in [-0.2, 0) is 4.74 Å². The Labute approximate surface area is 148 Å². The molecule has 3 rings (SSSR count). The number of carbonyl (C=O) groups is 1. The lowest BCUT2D eigenvalue weighted by atomic mass is 9.99. The summed E-state index contributed by atoms with van der Waals surface area (Å²) in [6.45, 7) is -4.00. The molecular weight excluding hydrogens is 377 g/mol. The molecule has 0 spiro atoms. The van der Waals surface area contributed by atoms with Crippen molar-refractivity contribution in [1.82, 2.24) is 9.78 Å². The molecule has 0 fully saturated rings. The number of amidine groups is 1. The van der Waals surface area contributed by atoms with E-state index in [0.717, 1.165) is 30.5 Å². The lowest BCUT2D eigenvalue weighted by Gasteiger charge is -2.28. The van der Waals surface area contributed by atoms with Gasteiger partial charge in [0.25, 0.3) is 11.9 Å². The van der Waals surface area contributed by atoms with Crippen LogP contribution in [0.5, 0.6) is 0 Å². The number of alkyl halides is 4. The van der Waals surface area contributed by atoms with Crippen LogP contribution in [0.1, 0.15) is 28.6 Å². The molecule has 1 amide bonds. The second-order valence-corrected chi connectivity index (χ2v) is 5.57. The highest BCUT2D eigenvalue weighted by molar-refractivity contribution is 6.02. The molecule has 12 heteroatoms. The number of nitrogens with two attached hydrogens (primary N) is 1. The number of aliphatic imine (C=N–C) groups is 1. The van der Waals surface area contributed by atoms with E-state index in [1.165, 1.54) is 0 Å². The number of hydrogen-bond donors (Lipinski definition) is 2. The zero-order chi connectivity index (χ0) is 19.8. The van der Waals surface area contributed by atoms with Gasteiger partial charge < -0.3 is 15.8 Å². The zero-order valence-corrected chi connectivity index (χ0v) is 13.4. The number of rotatable bonds is 4. The molecule has 27 heavy (non-hydrogen) atoms. The third-order valence-electron chi connectivity index (χ3n) is 3.66. The van der Waals surface area contributed by atoms with Gasteiger partial charge in [0.05, 0.1) is 0 Å². The summed E-state index contributed by atoms with van der Waals surface area (Å²) in [4.78, 5) is 15.5. The number of nitrogens with one attached hydrogen (secondary N) is 1. The van der Waals surface area contributed by atoms with E-state index < -0.39 is 48.4 Å². The maximum atomic E-state index is 14.1. The van der Waals surface area contributed by atoms with Crippen LogP contribution in [-0.4, -0.2) is 34.2 Å². The Hall–Kier alpha value is -3.18. The van der Waals surface area contributed by atoms with Crippen molar-refractivity contribution in [2.24, 2.45) is 10.7 Å². The number of hydrogen-bond acceptors (Lipinski definition) is 5. The van der Waals surface area contributed by atoms with Crippen molar-refractivity contribution < 1.29 is 31.5 Å². The molecule has 1 aromatic heterocycles. The number of nitrogens with zero attached hydrogens (tertiary/aromatic N) is 3. The first kappa shape index (κ1) is 18.6. The smallest absolute Gasteiger partial charge is 0.333 e. The second kappa shape index (κ2) is 6.85. The van der Waals surface area contributed by atoms with Gasteiger partial charge in [0, 0.05) is 17.4 Å².